The summed E-state index contributed by atoms with van der Waals surface area (Å²) < 4.78 is 0. The highest BCUT2D eigenvalue weighted by Gasteiger charge is 2.39. The maximum atomic E-state index is 12.5. The topological polar surface area (TPSA) is 69.7 Å². The molecule has 1 fully saturated rings. The Kier molecular flexibility index (Phi) is 4.32. The van der Waals surface area contributed by atoms with E-state index in [1.54, 1.807) is 4.90 Å². The molecule has 0 radical (unpaired) electrons. The lowest BCUT2D eigenvalue weighted by molar-refractivity contribution is -0.138. The molecule has 3 rings (SSSR count). The minimum absolute atomic E-state index is 0.174. The molecule has 0 spiro atoms. The van der Waals surface area contributed by atoms with E-state index in [2.05, 4.69) is 11.4 Å². The number of carbonyl (C=O) groups excluding carboxylic acids is 3. The first-order chi connectivity index (χ1) is 11.1. The van der Waals surface area contributed by atoms with Crippen LogP contribution in [0.3, 0.4) is 0 Å². The molecule has 1 atom stereocenters. The average Bonchev–Trinajstić information content (AvgIpc) is 2.82. The molecule has 0 aromatic heterocycles. The summed E-state index contributed by atoms with van der Waals surface area (Å²) in [5, 5.41) is 2.65. The van der Waals surface area contributed by atoms with Crippen LogP contribution < -0.4 is 5.32 Å². The summed E-state index contributed by atoms with van der Waals surface area (Å²) in [6.07, 6.45) is 2.22. The molecular weight excluding hydrogens is 294 g/mol. The lowest BCUT2D eigenvalue weighted by Gasteiger charge is -2.29. The zero-order valence-electron chi connectivity index (χ0n) is 13.2. The van der Waals surface area contributed by atoms with Gasteiger partial charge in [0, 0.05) is 13.1 Å². The number of imide groups is 1. The Morgan fingerprint density at radius 3 is 2.74 bits per heavy atom. The molecular formula is C17H21N3O3. The molecule has 6 nitrogen and oxygen atoms in total. The molecule has 1 saturated heterocycles. The number of urea groups is 1. The van der Waals surface area contributed by atoms with Crippen molar-refractivity contribution in [1.29, 1.82) is 0 Å². The number of fused-ring (bicyclic) bond motifs is 1. The second-order valence-electron chi connectivity index (χ2n) is 6.05. The van der Waals surface area contributed by atoms with Crippen LogP contribution in [-0.4, -0.2) is 46.8 Å². The number of hydrogen-bond acceptors (Lipinski definition) is 3. The number of rotatable bonds is 4. The van der Waals surface area contributed by atoms with Crippen LogP contribution in [0.25, 0.3) is 0 Å². The first-order valence-corrected chi connectivity index (χ1v) is 8.06. The smallest absolute Gasteiger partial charge is 0.325 e. The zero-order chi connectivity index (χ0) is 16.4. The highest BCUT2D eigenvalue weighted by Crippen LogP contribution is 2.19. The van der Waals surface area contributed by atoms with Gasteiger partial charge in [-0.1, -0.05) is 37.6 Å². The van der Waals surface area contributed by atoms with Gasteiger partial charge >= 0.3 is 6.03 Å². The third kappa shape index (κ3) is 3.06. The number of hydrogen-bond donors (Lipinski definition) is 1. The van der Waals surface area contributed by atoms with E-state index >= 15 is 0 Å². The molecule has 0 bridgehead atoms. The van der Waals surface area contributed by atoms with Gasteiger partial charge in [-0.3, -0.25) is 14.5 Å². The number of nitrogens with one attached hydrogen (secondary N) is 1. The van der Waals surface area contributed by atoms with Gasteiger partial charge in [-0.2, -0.15) is 0 Å². The maximum absolute atomic E-state index is 12.5. The molecule has 6 heteroatoms. The van der Waals surface area contributed by atoms with Gasteiger partial charge in [0.15, 0.2) is 0 Å². The van der Waals surface area contributed by atoms with Crippen LogP contribution in [0.4, 0.5) is 4.79 Å². The van der Waals surface area contributed by atoms with Gasteiger partial charge in [0.05, 0.1) is 0 Å². The summed E-state index contributed by atoms with van der Waals surface area (Å²) in [5.74, 6) is -0.470. The summed E-state index contributed by atoms with van der Waals surface area (Å²) in [6, 6.07) is 7.10. The molecule has 122 valence electrons. The highest BCUT2D eigenvalue weighted by atomic mass is 16.2. The number of amides is 4. The normalized spacial score (nSPS) is 20.5. The molecule has 2 heterocycles. The zero-order valence-corrected chi connectivity index (χ0v) is 13.2. The Bertz CT molecular complexity index is 644. The average molecular weight is 315 g/mol. The fourth-order valence-electron chi connectivity index (χ4n) is 3.15. The van der Waals surface area contributed by atoms with Crippen molar-refractivity contribution in [3.63, 3.8) is 0 Å². The lowest BCUT2D eigenvalue weighted by atomic mass is 10.00. The van der Waals surface area contributed by atoms with Crippen LogP contribution in [-0.2, 0) is 22.6 Å². The third-order valence-corrected chi connectivity index (χ3v) is 4.46. The molecule has 1 aromatic rings. The highest BCUT2D eigenvalue weighted by molar-refractivity contribution is 6.06. The van der Waals surface area contributed by atoms with E-state index in [0.29, 0.717) is 19.5 Å². The van der Waals surface area contributed by atoms with Crippen molar-refractivity contribution in [1.82, 2.24) is 15.1 Å². The molecule has 0 unspecified atom stereocenters. The standard InChI is InChI=1S/C17H21N3O3/c1-2-5-14-16(22)20(17(23)18-14)11-15(21)19-9-8-12-6-3-4-7-13(12)10-19/h3-4,6-7,14H,2,5,8-11H2,1H3,(H,18,23)/t14-/m0/s1. The molecule has 0 aliphatic carbocycles. The molecule has 4 amide bonds. The van der Waals surface area contributed by atoms with Crippen molar-refractivity contribution >= 4 is 17.8 Å². The second kappa shape index (κ2) is 6.40. The number of benzene rings is 1. The van der Waals surface area contributed by atoms with E-state index < -0.39 is 12.1 Å². The van der Waals surface area contributed by atoms with Crippen molar-refractivity contribution in [2.75, 3.05) is 13.1 Å². The van der Waals surface area contributed by atoms with E-state index in [0.717, 1.165) is 23.3 Å². The first kappa shape index (κ1) is 15.5. The monoisotopic (exact) mass is 315 g/mol. The van der Waals surface area contributed by atoms with Crippen LogP contribution in [0.5, 0.6) is 0 Å². The van der Waals surface area contributed by atoms with Gasteiger partial charge < -0.3 is 10.2 Å². The molecule has 2 aliphatic heterocycles. The quantitative estimate of drug-likeness (QED) is 0.851. The maximum Gasteiger partial charge on any atom is 0.325 e. The predicted molar refractivity (Wildman–Crippen MR) is 84.5 cm³/mol. The van der Waals surface area contributed by atoms with E-state index in [4.69, 9.17) is 0 Å². The van der Waals surface area contributed by atoms with Gasteiger partial charge in [-0.15, -0.1) is 0 Å². The summed E-state index contributed by atoms with van der Waals surface area (Å²) >= 11 is 0. The molecule has 1 aromatic carbocycles. The molecule has 2 aliphatic rings. The SMILES string of the molecule is CCC[C@@H]1NC(=O)N(CC(=O)N2CCc3ccccc3C2)C1=O. The van der Waals surface area contributed by atoms with E-state index in [9.17, 15) is 14.4 Å². The molecule has 1 N–H and O–H groups in total. The van der Waals surface area contributed by atoms with Gasteiger partial charge in [-0.25, -0.2) is 4.79 Å². The van der Waals surface area contributed by atoms with Gasteiger partial charge in [0.1, 0.15) is 12.6 Å². The summed E-state index contributed by atoms with van der Waals surface area (Å²) in [6.45, 7) is 2.94. The van der Waals surface area contributed by atoms with Crippen LogP contribution >= 0.6 is 0 Å². The Morgan fingerprint density at radius 2 is 2.00 bits per heavy atom. The molecule has 0 saturated carbocycles. The van der Waals surface area contributed by atoms with Crippen molar-refractivity contribution in [2.24, 2.45) is 0 Å². The summed E-state index contributed by atoms with van der Waals surface area (Å²) in [7, 11) is 0. The fraction of sp³-hybridized carbons (Fsp3) is 0.471. The number of nitrogens with zero attached hydrogens (tertiary/aromatic N) is 2. The van der Waals surface area contributed by atoms with Gasteiger partial charge in [0.25, 0.3) is 5.91 Å². The van der Waals surface area contributed by atoms with E-state index in [1.807, 2.05) is 25.1 Å². The van der Waals surface area contributed by atoms with Crippen molar-refractivity contribution in [2.45, 2.75) is 38.8 Å². The lowest BCUT2D eigenvalue weighted by Crippen LogP contribution is -2.45. The third-order valence-electron chi connectivity index (χ3n) is 4.46. The number of carbonyl (C=O) groups is 3. The van der Waals surface area contributed by atoms with E-state index in [1.165, 1.54) is 5.56 Å². The molecule has 23 heavy (non-hydrogen) atoms. The predicted octanol–water partition coefficient (Wildman–Crippen LogP) is 1.29. The van der Waals surface area contributed by atoms with Gasteiger partial charge in [0.2, 0.25) is 5.91 Å². The summed E-state index contributed by atoms with van der Waals surface area (Å²) in [4.78, 5) is 39.3. The minimum atomic E-state index is -0.484. The Labute approximate surface area is 135 Å². The van der Waals surface area contributed by atoms with Crippen molar-refractivity contribution in [3.8, 4) is 0 Å². The summed E-state index contributed by atoms with van der Waals surface area (Å²) in [5.41, 5.74) is 2.39. The first-order valence-electron chi connectivity index (χ1n) is 8.06. The Hall–Kier alpha value is -2.37. The Balaban J connectivity index is 1.64. The van der Waals surface area contributed by atoms with E-state index in [-0.39, 0.29) is 18.4 Å². The van der Waals surface area contributed by atoms with Gasteiger partial charge in [-0.05, 0) is 24.0 Å². The van der Waals surface area contributed by atoms with Crippen LogP contribution in [0.15, 0.2) is 24.3 Å². The van der Waals surface area contributed by atoms with Crippen LogP contribution in [0, 0.1) is 0 Å². The van der Waals surface area contributed by atoms with Crippen LogP contribution in [0.2, 0.25) is 0 Å². The van der Waals surface area contributed by atoms with Crippen molar-refractivity contribution < 1.29 is 14.4 Å². The van der Waals surface area contributed by atoms with Crippen molar-refractivity contribution in [3.05, 3.63) is 35.4 Å². The largest absolute Gasteiger partial charge is 0.336 e. The Morgan fingerprint density at radius 1 is 1.26 bits per heavy atom. The minimum Gasteiger partial charge on any atom is -0.336 e. The fourth-order valence-corrected chi connectivity index (χ4v) is 3.15. The van der Waals surface area contributed by atoms with Crippen LogP contribution in [0.1, 0.15) is 30.9 Å². The second-order valence-corrected chi connectivity index (χ2v) is 6.05.